The maximum atomic E-state index is 12.7. The van der Waals surface area contributed by atoms with Crippen LogP contribution in [0.15, 0.2) is 89.4 Å². The third-order valence-electron chi connectivity index (χ3n) is 6.38. The largest absolute Gasteiger partial charge is 0.378 e. The second-order valence-corrected chi connectivity index (χ2v) is 8.48. The Morgan fingerprint density at radius 3 is 2.38 bits per heavy atom. The van der Waals surface area contributed by atoms with Gasteiger partial charge in [-0.05, 0) is 35.4 Å². The van der Waals surface area contributed by atoms with Crippen molar-refractivity contribution in [1.29, 1.82) is 0 Å². The minimum Gasteiger partial charge on any atom is -0.378 e. The number of fused-ring (bicyclic) bond motifs is 2. The first-order valence-electron chi connectivity index (χ1n) is 11.5. The van der Waals surface area contributed by atoms with Gasteiger partial charge in [0.15, 0.2) is 0 Å². The number of morpholine rings is 1. The molecule has 3 aliphatic heterocycles. The van der Waals surface area contributed by atoms with Crippen molar-refractivity contribution in [3.63, 3.8) is 0 Å². The number of urea groups is 1. The first-order chi connectivity index (χ1) is 16.8. The third kappa shape index (κ3) is 3.80. The van der Waals surface area contributed by atoms with E-state index in [1.807, 2.05) is 42.5 Å². The van der Waals surface area contributed by atoms with E-state index in [0.29, 0.717) is 5.84 Å². The lowest BCUT2D eigenvalue weighted by atomic mass is 9.91. The quantitative estimate of drug-likeness (QED) is 0.550. The van der Waals surface area contributed by atoms with Crippen molar-refractivity contribution in [3.05, 3.63) is 95.6 Å². The van der Waals surface area contributed by atoms with Gasteiger partial charge in [0.1, 0.15) is 5.84 Å². The number of nitrogens with zero attached hydrogens (tertiary/aromatic N) is 2. The number of carbonyl (C=O) groups excluding carboxylic acids is 1. The maximum Gasteiger partial charge on any atom is 0.321 e. The molecule has 0 unspecified atom stereocenters. The Labute approximate surface area is 198 Å². The van der Waals surface area contributed by atoms with E-state index in [0.717, 1.165) is 65.8 Å². The van der Waals surface area contributed by atoms with E-state index in [2.05, 4.69) is 57.2 Å². The van der Waals surface area contributed by atoms with Crippen LogP contribution in [0.25, 0.3) is 5.70 Å². The molecule has 6 rings (SSSR count). The zero-order valence-corrected chi connectivity index (χ0v) is 18.6. The molecule has 3 aromatic rings. The molecule has 3 aliphatic rings. The van der Waals surface area contributed by atoms with Crippen LogP contribution in [0, 0.1) is 0 Å². The Balaban J connectivity index is 1.47. The van der Waals surface area contributed by atoms with Crippen LogP contribution in [-0.4, -0.2) is 38.2 Å². The van der Waals surface area contributed by atoms with Gasteiger partial charge in [-0.2, -0.15) is 0 Å². The highest BCUT2D eigenvalue weighted by Crippen LogP contribution is 2.39. The van der Waals surface area contributed by atoms with E-state index in [-0.39, 0.29) is 12.1 Å². The van der Waals surface area contributed by atoms with Gasteiger partial charge >= 0.3 is 6.03 Å². The van der Waals surface area contributed by atoms with Crippen molar-refractivity contribution in [3.8, 4) is 0 Å². The van der Waals surface area contributed by atoms with E-state index >= 15 is 0 Å². The average Bonchev–Trinajstić information content (AvgIpc) is 3.06. The molecule has 0 radical (unpaired) electrons. The van der Waals surface area contributed by atoms with E-state index in [1.54, 1.807) is 0 Å². The SMILES string of the molecule is O=C1NC2=Nc3ccccc3NC(c3ccccc3)=C2[C@H](c2ccc(N3CCOCC3)cc2)N1. The summed E-state index contributed by atoms with van der Waals surface area (Å²) in [6, 6.07) is 25.8. The van der Waals surface area contributed by atoms with Crippen LogP contribution in [-0.2, 0) is 4.74 Å². The lowest BCUT2D eigenvalue weighted by Gasteiger charge is -2.32. The fourth-order valence-electron chi connectivity index (χ4n) is 4.68. The van der Waals surface area contributed by atoms with E-state index < -0.39 is 0 Å². The van der Waals surface area contributed by atoms with Crippen molar-refractivity contribution in [2.24, 2.45) is 4.99 Å². The summed E-state index contributed by atoms with van der Waals surface area (Å²) in [5.74, 6) is 0.558. The lowest BCUT2D eigenvalue weighted by molar-refractivity contribution is 0.122. The molecule has 3 heterocycles. The number of benzene rings is 3. The second kappa shape index (κ2) is 8.68. The molecule has 0 saturated carbocycles. The molecule has 7 heteroatoms. The van der Waals surface area contributed by atoms with Gasteiger partial charge in [-0.3, -0.25) is 5.32 Å². The molecule has 34 heavy (non-hydrogen) atoms. The number of para-hydroxylation sites is 2. The summed E-state index contributed by atoms with van der Waals surface area (Å²) in [6.07, 6.45) is 0. The van der Waals surface area contributed by atoms with Gasteiger partial charge in [0.25, 0.3) is 0 Å². The van der Waals surface area contributed by atoms with E-state index in [1.165, 1.54) is 0 Å². The fraction of sp³-hybridized carbons (Fsp3) is 0.185. The van der Waals surface area contributed by atoms with Gasteiger partial charge in [-0.15, -0.1) is 0 Å². The molecule has 2 fully saturated rings. The summed E-state index contributed by atoms with van der Waals surface area (Å²) in [4.78, 5) is 19.9. The van der Waals surface area contributed by atoms with Crippen LogP contribution in [0.2, 0.25) is 0 Å². The highest BCUT2D eigenvalue weighted by Gasteiger charge is 2.34. The standard InChI is InChI=1S/C27H25N5O2/c33-27-30-25(19-10-12-20(13-11-19)32-14-16-34-17-15-32)23-24(18-6-2-1-3-7-18)28-21-8-4-5-9-22(21)29-26(23)31-27/h1-13,25,28H,14-17H2,(H2,29,30,31,33)/t25-/m0/s1. The number of aliphatic imine (C=N–C) groups is 1. The van der Waals surface area contributed by atoms with Crippen molar-refractivity contribution in [2.45, 2.75) is 6.04 Å². The molecule has 7 nitrogen and oxygen atoms in total. The van der Waals surface area contributed by atoms with Crippen LogP contribution in [0.4, 0.5) is 21.9 Å². The summed E-state index contributed by atoms with van der Waals surface area (Å²) in [6.45, 7) is 3.24. The summed E-state index contributed by atoms with van der Waals surface area (Å²) in [5, 5.41) is 9.67. The third-order valence-corrected chi connectivity index (χ3v) is 6.38. The zero-order chi connectivity index (χ0) is 22.9. The van der Waals surface area contributed by atoms with Gasteiger partial charge in [-0.25, -0.2) is 9.79 Å². The predicted molar refractivity (Wildman–Crippen MR) is 134 cm³/mol. The van der Waals surface area contributed by atoms with Crippen molar-refractivity contribution < 1.29 is 9.53 Å². The van der Waals surface area contributed by atoms with Crippen molar-refractivity contribution in [1.82, 2.24) is 10.6 Å². The first kappa shape index (κ1) is 20.5. The van der Waals surface area contributed by atoms with Crippen LogP contribution >= 0.6 is 0 Å². The van der Waals surface area contributed by atoms with Gasteiger partial charge in [0.05, 0.1) is 36.3 Å². The summed E-state index contributed by atoms with van der Waals surface area (Å²) in [5.41, 5.74) is 6.67. The molecule has 170 valence electrons. The van der Waals surface area contributed by atoms with Crippen molar-refractivity contribution >= 4 is 34.6 Å². The van der Waals surface area contributed by atoms with E-state index in [9.17, 15) is 4.79 Å². The Kier molecular flexibility index (Phi) is 5.24. The zero-order valence-electron chi connectivity index (χ0n) is 18.6. The minimum atomic E-state index is -0.358. The summed E-state index contributed by atoms with van der Waals surface area (Å²) in [7, 11) is 0. The number of ether oxygens (including phenoxy) is 1. The van der Waals surface area contributed by atoms with Gasteiger partial charge in [0.2, 0.25) is 0 Å². The molecule has 0 bridgehead atoms. The number of hydrogen-bond donors (Lipinski definition) is 3. The number of amidine groups is 1. The predicted octanol–water partition coefficient (Wildman–Crippen LogP) is 4.44. The Morgan fingerprint density at radius 2 is 1.59 bits per heavy atom. The molecule has 2 amide bonds. The molecule has 3 aromatic carbocycles. The monoisotopic (exact) mass is 451 g/mol. The molecule has 1 atom stereocenters. The summed E-state index contributed by atoms with van der Waals surface area (Å²) >= 11 is 0. The first-order valence-corrected chi connectivity index (χ1v) is 11.5. The Bertz CT molecular complexity index is 1280. The number of nitrogens with one attached hydrogen (secondary N) is 3. The molecular formula is C27H25N5O2. The smallest absolute Gasteiger partial charge is 0.321 e. The van der Waals surface area contributed by atoms with Gasteiger partial charge < -0.3 is 20.3 Å². The number of hydrogen-bond acceptors (Lipinski definition) is 5. The topological polar surface area (TPSA) is 78.0 Å². The lowest BCUT2D eigenvalue weighted by Crippen LogP contribution is -2.50. The Hall–Kier alpha value is -4.10. The summed E-state index contributed by atoms with van der Waals surface area (Å²) < 4.78 is 5.48. The number of amides is 2. The van der Waals surface area contributed by atoms with Crippen LogP contribution in [0.3, 0.4) is 0 Å². The highest BCUT2D eigenvalue weighted by atomic mass is 16.5. The highest BCUT2D eigenvalue weighted by molar-refractivity contribution is 6.18. The van der Waals surface area contributed by atoms with Gasteiger partial charge in [-0.1, -0.05) is 54.6 Å². The number of anilines is 2. The van der Waals surface area contributed by atoms with Gasteiger partial charge in [0, 0.05) is 24.4 Å². The normalized spacial score (nSPS) is 19.6. The van der Waals surface area contributed by atoms with Crippen LogP contribution in [0.1, 0.15) is 17.2 Å². The second-order valence-electron chi connectivity index (χ2n) is 8.48. The Morgan fingerprint density at radius 1 is 0.853 bits per heavy atom. The average molecular weight is 452 g/mol. The molecule has 0 aromatic heterocycles. The van der Waals surface area contributed by atoms with Crippen LogP contribution < -0.4 is 20.9 Å². The van der Waals surface area contributed by atoms with Crippen molar-refractivity contribution in [2.75, 3.05) is 36.5 Å². The number of rotatable bonds is 3. The maximum absolute atomic E-state index is 12.7. The van der Waals surface area contributed by atoms with E-state index in [4.69, 9.17) is 9.73 Å². The molecule has 0 spiro atoms. The molecular weight excluding hydrogens is 426 g/mol. The minimum absolute atomic E-state index is 0.267. The molecule has 3 N–H and O–H groups in total. The molecule has 2 saturated heterocycles. The molecule has 0 aliphatic carbocycles. The number of carbonyl (C=O) groups is 1. The fourth-order valence-corrected chi connectivity index (χ4v) is 4.68. The van der Waals surface area contributed by atoms with Crippen LogP contribution in [0.5, 0.6) is 0 Å².